The van der Waals surface area contributed by atoms with E-state index < -0.39 is 0 Å². The second kappa shape index (κ2) is 6.38. The fourth-order valence-corrected chi connectivity index (χ4v) is 2.01. The van der Waals surface area contributed by atoms with Gasteiger partial charge in [-0.15, -0.1) is 0 Å². The number of benzene rings is 2. The lowest BCUT2D eigenvalue weighted by Crippen LogP contribution is -2.11. The van der Waals surface area contributed by atoms with E-state index in [1.165, 1.54) is 5.56 Å². The van der Waals surface area contributed by atoms with Gasteiger partial charge in [-0.1, -0.05) is 49.7 Å². The van der Waals surface area contributed by atoms with E-state index >= 15 is 0 Å². The Labute approximate surface area is 120 Å². The Morgan fingerprint density at radius 3 is 2.55 bits per heavy atom. The summed E-state index contributed by atoms with van der Waals surface area (Å²) in [5.74, 6) is 1.20. The zero-order valence-corrected chi connectivity index (χ0v) is 12.2. The summed E-state index contributed by atoms with van der Waals surface area (Å²) >= 11 is 0. The fourth-order valence-electron chi connectivity index (χ4n) is 2.01. The van der Waals surface area contributed by atoms with E-state index in [0.717, 1.165) is 11.3 Å². The molecule has 2 aromatic carbocycles. The molecule has 0 amide bonds. The van der Waals surface area contributed by atoms with Gasteiger partial charge in [0.15, 0.2) is 12.4 Å². The number of carbonyl (C=O) groups excluding carboxylic acids is 1. The molecule has 0 aromatic heterocycles. The quantitative estimate of drug-likeness (QED) is 0.752. The maximum absolute atomic E-state index is 12.1. The standard InChI is InChI=1S/C18H20O2/c1-13(2)15-7-5-9-17(11-15)20-12-18(19)16-8-4-6-14(3)10-16/h4-11,13H,12H2,1-3H3. The van der Waals surface area contributed by atoms with Crippen molar-refractivity contribution in [3.05, 3.63) is 65.2 Å². The van der Waals surface area contributed by atoms with Crippen LogP contribution in [0.3, 0.4) is 0 Å². The third-order valence-electron chi connectivity index (χ3n) is 3.23. The van der Waals surface area contributed by atoms with Crippen molar-refractivity contribution in [3.63, 3.8) is 0 Å². The molecule has 0 spiro atoms. The molecule has 0 atom stereocenters. The van der Waals surface area contributed by atoms with E-state index in [1.807, 2.05) is 49.4 Å². The van der Waals surface area contributed by atoms with Crippen molar-refractivity contribution in [2.45, 2.75) is 26.7 Å². The van der Waals surface area contributed by atoms with Gasteiger partial charge in [-0.05, 0) is 36.6 Å². The van der Waals surface area contributed by atoms with Crippen LogP contribution in [0.5, 0.6) is 5.75 Å². The van der Waals surface area contributed by atoms with Crippen molar-refractivity contribution >= 4 is 5.78 Å². The van der Waals surface area contributed by atoms with E-state index in [0.29, 0.717) is 11.5 Å². The third kappa shape index (κ3) is 3.70. The lowest BCUT2D eigenvalue weighted by Gasteiger charge is -2.09. The van der Waals surface area contributed by atoms with E-state index in [2.05, 4.69) is 19.9 Å². The maximum Gasteiger partial charge on any atom is 0.200 e. The Morgan fingerprint density at radius 1 is 1.10 bits per heavy atom. The summed E-state index contributed by atoms with van der Waals surface area (Å²) in [7, 11) is 0. The number of ether oxygens (including phenoxy) is 1. The van der Waals surface area contributed by atoms with E-state index in [9.17, 15) is 4.79 Å². The minimum Gasteiger partial charge on any atom is -0.485 e. The van der Waals surface area contributed by atoms with Crippen LogP contribution in [0.15, 0.2) is 48.5 Å². The summed E-state index contributed by atoms with van der Waals surface area (Å²) in [6.07, 6.45) is 0. The molecule has 20 heavy (non-hydrogen) atoms. The van der Waals surface area contributed by atoms with E-state index in [-0.39, 0.29) is 12.4 Å². The molecule has 0 aliphatic rings. The van der Waals surface area contributed by atoms with Crippen molar-refractivity contribution < 1.29 is 9.53 Å². The van der Waals surface area contributed by atoms with Crippen molar-refractivity contribution in [1.82, 2.24) is 0 Å². The molecule has 104 valence electrons. The number of hydrogen-bond donors (Lipinski definition) is 0. The summed E-state index contributed by atoms with van der Waals surface area (Å²) < 4.78 is 5.60. The van der Waals surface area contributed by atoms with Crippen LogP contribution < -0.4 is 4.74 Å². The van der Waals surface area contributed by atoms with Crippen LogP contribution in [0.4, 0.5) is 0 Å². The molecule has 0 unspecified atom stereocenters. The van der Waals surface area contributed by atoms with Crippen LogP contribution in [0.1, 0.15) is 41.3 Å². The second-order valence-corrected chi connectivity index (χ2v) is 5.31. The highest BCUT2D eigenvalue weighted by Gasteiger charge is 2.07. The average molecular weight is 268 g/mol. The summed E-state index contributed by atoms with van der Waals surface area (Å²) in [6, 6.07) is 15.5. The van der Waals surface area contributed by atoms with Crippen LogP contribution in [-0.4, -0.2) is 12.4 Å². The molecule has 0 N–H and O–H groups in total. The summed E-state index contributed by atoms with van der Waals surface area (Å²) in [4.78, 5) is 12.1. The van der Waals surface area contributed by atoms with Crippen LogP contribution >= 0.6 is 0 Å². The van der Waals surface area contributed by atoms with Crippen molar-refractivity contribution in [1.29, 1.82) is 0 Å². The van der Waals surface area contributed by atoms with E-state index in [1.54, 1.807) is 0 Å². The van der Waals surface area contributed by atoms with Gasteiger partial charge in [-0.25, -0.2) is 0 Å². The summed E-state index contributed by atoms with van der Waals surface area (Å²) in [6.45, 7) is 6.32. The van der Waals surface area contributed by atoms with E-state index in [4.69, 9.17) is 4.74 Å². The molecule has 0 saturated heterocycles. The first-order chi connectivity index (χ1) is 9.56. The van der Waals surface area contributed by atoms with Crippen molar-refractivity contribution in [3.8, 4) is 5.75 Å². The van der Waals surface area contributed by atoms with Gasteiger partial charge < -0.3 is 4.74 Å². The first kappa shape index (κ1) is 14.3. The largest absolute Gasteiger partial charge is 0.485 e. The van der Waals surface area contributed by atoms with Crippen LogP contribution in [-0.2, 0) is 0 Å². The first-order valence-electron chi connectivity index (χ1n) is 6.89. The highest BCUT2D eigenvalue weighted by atomic mass is 16.5. The SMILES string of the molecule is Cc1cccc(C(=O)COc2cccc(C(C)C)c2)c1. The normalized spacial score (nSPS) is 10.6. The number of aryl methyl sites for hydroxylation is 1. The van der Waals surface area contributed by atoms with Crippen molar-refractivity contribution in [2.75, 3.05) is 6.61 Å². The van der Waals surface area contributed by atoms with Gasteiger partial charge in [0.2, 0.25) is 0 Å². The molecule has 0 heterocycles. The highest BCUT2D eigenvalue weighted by Crippen LogP contribution is 2.20. The zero-order chi connectivity index (χ0) is 14.5. The third-order valence-corrected chi connectivity index (χ3v) is 3.23. The van der Waals surface area contributed by atoms with Gasteiger partial charge in [0.05, 0.1) is 0 Å². The first-order valence-corrected chi connectivity index (χ1v) is 6.89. The zero-order valence-electron chi connectivity index (χ0n) is 12.2. The average Bonchev–Trinajstić information content (AvgIpc) is 2.45. The molecule has 2 aromatic rings. The monoisotopic (exact) mass is 268 g/mol. The number of ketones is 1. The van der Waals surface area contributed by atoms with Gasteiger partial charge in [-0.2, -0.15) is 0 Å². The van der Waals surface area contributed by atoms with Crippen LogP contribution in [0.25, 0.3) is 0 Å². The van der Waals surface area contributed by atoms with Gasteiger partial charge in [-0.3, -0.25) is 4.79 Å². The Hall–Kier alpha value is -2.09. The summed E-state index contributed by atoms with van der Waals surface area (Å²) in [5, 5.41) is 0. The minimum absolute atomic E-state index is 0.00338. The Balaban J connectivity index is 2.02. The van der Waals surface area contributed by atoms with Gasteiger partial charge in [0, 0.05) is 5.56 Å². The molecule has 2 heteroatoms. The lowest BCUT2D eigenvalue weighted by molar-refractivity contribution is 0.0921. The lowest BCUT2D eigenvalue weighted by atomic mass is 10.0. The van der Waals surface area contributed by atoms with Gasteiger partial charge in [0.25, 0.3) is 0 Å². The number of Topliss-reactive ketones (excluding diaryl/α,β-unsaturated/α-hetero) is 1. The number of hydrogen-bond acceptors (Lipinski definition) is 2. The van der Waals surface area contributed by atoms with Gasteiger partial charge in [0.1, 0.15) is 5.75 Å². The smallest absolute Gasteiger partial charge is 0.200 e. The van der Waals surface area contributed by atoms with Crippen LogP contribution in [0.2, 0.25) is 0 Å². The predicted octanol–water partition coefficient (Wildman–Crippen LogP) is 4.38. The second-order valence-electron chi connectivity index (χ2n) is 5.31. The maximum atomic E-state index is 12.1. The highest BCUT2D eigenvalue weighted by molar-refractivity contribution is 5.97. The Kier molecular flexibility index (Phi) is 4.57. The molecular weight excluding hydrogens is 248 g/mol. The fraction of sp³-hybridized carbons (Fsp3) is 0.278. The molecule has 0 fully saturated rings. The van der Waals surface area contributed by atoms with Crippen molar-refractivity contribution in [2.24, 2.45) is 0 Å². The molecular formula is C18H20O2. The topological polar surface area (TPSA) is 26.3 Å². The Bertz CT molecular complexity index is 600. The molecule has 0 bridgehead atoms. The number of rotatable bonds is 5. The minimum atomic E-state index is 0.00338. The molecule has 0 aliphatic heterocycles. The molecule has 0 saturated carbocycles. The molecule has 0 radical (unpaired) electrons. The molecule has 0 aliphatic carbocycles. The van der Waals surface area contributed by atoms with Gasteiger partial charge >= 0.3 is 0 Å². The predicted molar refractivity (Wildman–Crippen MR) is 81.5 cm³/mol. The molecule has 2 rings (SSSR count). The molecule has 2 nitrogen and oxygen atoms in total. The summed E-state index contributed by atoms with van der Waals surface area (Å²) in [5.41, 5.74) is 2.99. The Morgan fingerprint density at radius 2 is 1.85 bits per heavy atom. The number of carbonyl (C=O) groups is 1. The van der Waals surface area contributed by atoms with Crippen LogP contribution in [0, 0.1) is 6.92 Å².